The molecule has 1 aromatic carbocycles. The number of esters is 1. The molecule has 0 spiro atoms. The first-order valence-corrected chi connectivity index (χ1v) is 6.16. The van der Waals surface area contributed by atoms with Crippen molar-refractivity contribution in [2.75, 3.05) is 0 Å². The predicted molar refractivity (Wildman–Crippen MR) is 74.6 cm³/mol. The highest BCUT2D eigenvalue weighted by Gasteiger charge is 2.09. The lowest BCUT2D eigenvalue weighted by Crippen LogP contribution is -2.09. The first kappa shape index (κ1) is 14.2. The fourth-order valence-electron chi connectivity index (χ4n) is 1.65. The van der Waals surface area contributed by atoms with Gasteiger partial charge in [0.25, 0.3) is 0 Å². The average Bonchev–Trinajstić information content (AvgIpc) is 2.31. The fraction of sp³-hybridized carbons (Fsp3) is 0.312. The summed E-state index contributed by atoms with van der Waals surface area (Å²) in [6.07, 6.45) is 2.81. The van der Waals surface area contributed by atoms with E-state index in [1.165, 1.54) is 0 Å². The molecule has 0 radical (unpaired) electrons. The summed E-state index contributed by atoms with van der Waals surface area (Å²) in [5.41, 5.74) is 2.54. The van der Waals surface area contributed by atoms with Gasteiger partial charge in [-0.25, -0.2) is 4.79 Å². The standard InChI is InChI=1S/C16H20O2/c1-5-8-13(4)11-14-9-6-7-10-15(14)18-16(17)12(2)3/h6-7,9-10H,2,4-5,8,11H2,1,3H3. The normalized spacial score (nSPS) is 9.89. The Morgan fingerprint density at radius 3 is 2.56 bits per heavy atom. The molecule has 96 valence electrons. The van der Waals surface area contributed by atoms with E-state index in [-0.39, 0.29) is 5.97 Å². The largest absolute Gasteiger partial charge is 0.423 e. The van der Waals surface area contributed by atoms with Crippen molar-refractivity contribution in [3.63, 3.8) is 0 Å². The van der Waals surface area contributed by atoms with Crippen molar-refractivity contribution < 1.29 is 9.53 Å². The molecule has 0 bridgehead atoms. The number of rotatable bonds is 6. The first-order chi connectivity index (χ1) is 8.54. The number of carbonyl (C=O) groups is 1. The van der Waals surface area contributed by atoms with E-state index < -0.39 is 0 Å². The van der Waals surface area contributed by atoms with Crippen molar-refractivity contribution >= 4 is 5.97 Å². The van der Waals surface area contributed by atoms with Gasteiger partial charge < -0.3 is 4.74 Å². The second-order valence-electron chi connectivity index (χ2n) is 4.45. The van der Waals surface area contributed by atoms with E-state index in [0.717, 1.165) is 30.4 Å². The minimum absolute atomic E-state index is 0.386. The van der Waals surface area contributed by atoms with Gasteiger partial charge >= 0.3 is 5.97 Å². The van der Waals surface area contributed by atoms with Crippen molar-refractivity contribution in [3.8, 4) is 5.75 Å². The van der Waals surface area contributed by atoms with Gasteiger partial charge in [0.1, 0.15) is 5.75 Å². The van der Waals surface area contributed by atoms with Gasteiger partial charge in [-0.2, -0.15) is 0 Å². The third-order valence-corrected chi connectivity index (χ3v) is 2.57. The monoisotopic (exact) mass is 244 g/mol. The molecule has 18 heavy (non-hydrogen) atoms. The number of hydrogen-bond donors (Lipinski definition) is 0. The van der Waals surface area contributed by atoms with Gasteiger partial charge in [0.05, 0.1) is 0 Å². The molecule has 0 heterocycles. The van der Waals surface area contributed by atoms with E-state index in [9.17, 15) is 4.79 Å². The highest BCUT2D eigenvalue weighted by molar-refractivity contribution is 5.88. The van der Waals surface area contributed by atoms with Crippen molar-refractivity contribution in [1.29, 1.82) is 0 Å². The number of para-hydroxylation sites is 1. The first-order valence-electron chi connectivity index (χ1n) is 6.16. The van der Waals surface area contributed by atoms with Gasteiger partial charge in [-0.1, -0.05) is 50.3 Å². The van der Waals surface area contributed by atoms with Crippen LogP contribution in [-0.4, -0.2) is 5.97 Å². The quantitative estimate of drug-likeness (QED) is 0.326. The molecule has 1 aromatic rings. The Labute approximate surface area is 109 Å². The third kappa shape index (κ3) is 4.21. The second kappa shape index (κ2) is 6.80. The zero-order valence-electron chi connectivity index (χ0n) is 11.2. The topological polar surface area (TPSA) is 26.3 Å². The molecule has 0 fully saturated rings. The summed E-state index contributed by atoms with van der Waals surface area (Å²) in [6, 6.07) is 7.55. The van der Waals surface area contributed by atoms with E-state index in [4.69, 9.17) is 4.74 Å². The second-order valence-corrected chi connectivity index (χ2v) is 4.45. The summed E-state index contributed by atoms with van der Waals surface area (Å²) in [7, 11) is 0. The summed E-state index contributed by atoms with van der Waals surface area (Å²) < 4.78 is 5.31. The Kier molecular flexibility index (Phi) is 5.37. The molecule has 0 unspecified atom stereocenters. The van der Waals surface area contributed by atoms with E-state index in [1.807, 2.05) is 18.2 Å². The van der Waals surface area contributed by atoms with Gasteiger partial charge in [0.2, 0.25) is 0 Å². The summed E-state index contributed by atoms with van der Waals surface area (Å²) in [4.78, 5) is 11.5. The lowest BCUT2D eigenvalue weighted by Gasteiger charge is -2.11. The van der Waals surface area contributed by atoms with Crippen LogP contribution in [0.5, 0.6) is 5.75 Å². The number of benzene rings is 1. The van der Waals surface area contributed by atoms with E-state index in [0.29, 0.717) is 11.3 Å². The molecule has 0 atom stereocenters. The highest BCUT2D eigenvalue weighted by atomic mass is 16.5. The molecular formula is C16H20O2. The molecule has 0 aliphatic heterocycles. The summed E-state index contributed by atoms with van der Waals surface area (Å²) in [5, 5.41) is 0. The molecule has 1 rings (SSSR count). The molecule has 0 aliphatic rings. The zero-order valence-corrected chi connectivity index (χ0v) is 11.2. The average molecular weight is 244 g/mol. The number of ether oxygens (including phenoxy) is 1. The lowest BCUT2D eigenvalue weighted by atomic mass is 10.0. The smallest absolute Gasteiger partial charge is 0.338 e. The van der Waals surface area contributed by atoms with Crippen LogP contribution in [-0.2, 0) is 11.2 Å². The van der Waals surface area contributed by atoms with Gasteiger partial charge in [-0.15, -0.1) is 0 Å². The summed E-state index contributed by atoms with van der Waals surface area (Å²) in [5.74, 6) is 0.214. The van der Waals surface area contributed by atoms with Crippen molar-refractivity contribution in [2.24, 2.45) is 0 Å². The lowest BCUT2D eigenvalue weighted by molar-refractivity contribution is -0.130. The van der Waals surface area contributed by atoms with Crippen molar-refractivity contribution in [3.05, 3.63) is 54.1 Å². The molecule has 0 aromatic heterocycles. The SMILES string of the molecule is C=C(CCC)Cc1ccccc1OC(=O)C(=C)C. The minimum atomic E-state index is -0.386. The molecule has 2 heteroatoms. The van der Waals surface area contributed by atoms with Gasteiger partial charge in [0, 0.05) is 5.57 Å². The van der Waals surface area contributed by atoms with Crippen LogP contribution in [0.15, 0.2) is 48.6 Å². The van der Waals surface area contributed by atoms with Crippen molar-refractivity contribution in [2.45, 2.75) is 33.1 Å². The molecule has 0 aliphatic carbocycles. The zero-order chi connectivity index (χ0) is 13.5. The van der Waals surface area contributed by atoms with Crippen LogP contribution in [0.3, 0.4) is 0 Å². The highest BCUT2D eigenvalue weighted by Crippen LogP contribution is 2.22. The van der Waals surface area contributed by atoms with Crippen LogP contribution < -0.4 is 4.74 Å². The molecular weight excluding hydrogens is 224 g/mol. The molecule has 0 amide bonds. The van der Waals surface area contributed by atoms with Crippen LogP contribution in [0, 0.1) is 0 Å². The summed E-state index contributed by atoms with van der Waals surface area (Å²) in [6.45, 7) is 11.4. The van der Waals surface area contributed by atoms with Crippen LogP contribution in [0.1, 0.15) is 32.3 Å². The maximum Gasteiger partial charge on any atom is 0.338 e. The van der Waals surface area contributed by atoms with Crippen LogP contribution in [0.25, 0.3) is 0 Å². The van der Waals surface area contributed by atoms with Gasteiger partial charge in [0.15, 0.2) is 0 Å². The van der Waals surface area contributed by atoms with Gasteiger partial charge in [-0.05, 0) is 31.4 Å². The summed E-state index contributed by atoms with van der Waals surface area (Å²) >= 11 is 0. The van der Waals surface area contributed by atoms with E-state index in [1.54, 1.807) is 13.0 Å². The Morgan fingerprint density at radius 2 is 1.94 bits per heavy atom. The van der Waals surface area contributed by atoms with E-state index >= 15 is 0 Å². The van der Waals surface area contributed by atoms with Crippen LogP contribution in [0.4, 0.5) is 0 Å². The molecule has 2 nitrogen and oxygen atoms in total. The number of carbonyl (C=O) groups excluding carboxylic acids is 1. The maximum absolute atomic E-state index is 11.5. The molecule has 0 N–H and O–H groups in total. The van der Waals surface area contributed by atoms with E-state index in [2.05, 4.69) is 20.1 Å². The van der Waals surface area contributed by atoms with Crippen molar-refractivity contribution in [1.82, 2.24) is 0 Å². The Bertz CT molecular complexity index is 458. The molecule has 0 saturated heterocycles. The minimum Gasteiger partial charge on any atom is -0.423 e. The Balaban J connectivity index is 2.82. The van der Waals surface area contributed by atoms with Crippen LogP contribution in [0.2, 0.25) is 0 Å². The Morgan fingerprint density at radius 1 is 1.28 bits per heavy atom. The third-order valence-electron chi connectivity index (χ3n) is 2.57. The molecule has 0 saturated carbocycles. The maximum atomic E-state index is 11.5. The van der Waals surface area contributed by atoms with Gasteiger partial charge in [-0.3, -0.25) is 0 Å². The predicted octanol–water partition coefficient (Wildman–Crippen LogP) is 4.07. The number of allylic oxidation sites excluding steroid dienone is 1. The number of hydrogen-bond acceptors (Lipinski definition) is 2. The fourth-order valence-corrected chi connectivity index (χ4v) is 1.65. The van der Waals surface area contributed by atoms with Crippen LogP contribution >= 0.6 is 0 Å². The Hall–Kier alpha value is -1.83.